The van der Waals surface area contributed by atoms with E-state index in [0.29, 0.717) is 5.56 Å². The van der Waals surface area contributed by atoms with Crippen molar-refractivity contribution in [3.63, 3.8) is 0 Å². The maximum Gasteiger partial charge on any atom is 0.416 e. The van der Waals surface area contributed by atoms with E-state index in [4.69, 9.17) is 0 Å². The lowest BCUT2D eigenvalue weighted by atomic mass is 10.0. The molecule has 0 saturated carbocycles. The van der Waals surface area contributed by atoms with Crippen LogP contribution in [0.25, 0.3) is 0 Å². The van der Waals surface area contributed by atoms with E-state index in [-0.39, 0.29) is 11.7 Å². The molecule has 0 bridgehead atoms. The Morgan fingerprint density at radius 3 is 2.62 bits per heavy atom. The van der Waals surface area contributed by atoms with E-state index >= 15 is 0 Å². The molecule has 16 heavy (non-hydrogen) atoms. The van der Waals surface area contributed by atoms with Crippen molar-refractivity contribution in [1.29, 1.82) is 0 Å². The van der Waals surface area contributed by atoms with Gasteiger partial charge in [-0.05, 0) is 24.6 Å². The number of hydrogen-bond donors (Lipinski definition) is 2. The van der Waals surface area contributed by atoms with Crippen LogP contribution in [0.15, 0.2) is 18.2 Å². The molecule has 0 aromatic heterocycles. The molecule has 0 fully saturated rings. The quantitative estimate of drug-likeness (QED) is 0.706. The lowest BCUT2D eigenvalue weighted by Crippen LogP contribution is -2.36. The Labute approximate surface area is 89.6 Å². The minimum absolute atomic E-state index is 0.214. The first kappa shape index (κ1) is 10.8. The molecule has 1 atom stereocenters. The lowest BCUT2D eigenvalue weighted by Gasteiger charge is -2.25. The van der Waals surface area contributed by atoms with Crippen molar-refractivity contribution in [3.05, 3.63) is 29.3 Å². The fourth-order valence-electron chi connectivity index (χ4n) is 1.65. The van der Waals surface area contributed by atoms with Crippen LogP contribution in [0.3, 0.4) is 0 Å². The Morgan fingerprint density at radius 2 is 2.00 bits per heavy atom. The largest absolute Gasteiger partial charge is 0.416 e. The molecule has 1 aromatic carbocycles. The number of amides is 2. The van der Waals surface area contributed by atoms with Crippen LogP contribution in [0, 0.1) is 0 Å². The molecule has 2 amide bonds. The number of benzene rings is 1. The number of nitrogens with one attached hydrogen (secondary N) is 2. The summed E-state index contributed by atoms with van der Waals surface area (Å²) in [5.74, 6) is 0. The zero-order valence-electron chi connectivity index (χ0n) is 8.35. The predicted octanol–water partition coefficient (Wildman–Crippen LogP) is 2.90. The molecule has 0 aliphatic carbocycles. The van der Waals surface area contributed by atoms with Crippen LogP contribution in [-0.2, 0) is 6.18 Å². The van der Waals surface area contributed by atoms with Gasteiger partial charge in [0.15, 0.2) is 0 Å². The summed E-state index contributed by atoms with van der Waals surface area (Å²) in [5.41, 5.74) is 0.0966. The molecule has 1 aliphatic heterocycles. The molecule has 86 valence electrons. The van der Waals surface area contributed by atoms with Gasteiger partial charge < -0.3 is 10.6 Å². The molecular weight excluding hydrogens is 221 g/mol. The average Bonchev–Trinajstić information content (AvgIpc) is 2.15. The zero-order valence-corrected chi connectivity index (χ0v) is 8.35. The molecule has 2 rings (SSSR count). The number of halogens is 3. The maximum atomic E-state index is 12.4. The number of fused-ring (bicyclic) bond motifs is 1. The highest BCUT2D eigenvalue weighted by molar-refractivity contribution is 5.93. The lowest BCUT2D eigenvalue weighted by molar-refractivity contribution is -0.137. The van der Waals surface area contributed by atoms with Gasteiger partial charge >= 0.3 is 12.2 Å². The number of carbonyl (C=O) groups is 1. The van der Waals surface area contributed by atoms with Gasteiger partial charge in [-0.2, -0.15) is 13.2 Å². The summed E-state index contributed by atoms with van der Waals surface area (Å²) in [6.07, 6.45) is -4.39. The van der Waals surface area contributed by atoms with Crippen LogP contribution < -0.4 is 10.6 Å². The highest BCUT2D eigenvalue weighted by Gasteiger charge is 2.32. The Bertz CT molecular complexity index is 442. The van der Waals surface area contributed by atoms with Crippen molar-refractivity contribution in [1.82, 2.24) is 5.32 Å². The van der Waals surface area contributed by atoms with Crippen LogP contribution in [0.5, 0.6) is 0 Å². The molecule has 0 radical (unpaired) electrons. The summed E-state index contributed by atoms with van der Waals surface area (Å²) in [5, 5.41) is 4.92. The Morgan fingerprint density at radius 1 is 1.31 bits per heavy atom. The van der Waals surface area contributed by atoms with Crippen molar-refractivity contribution in [3.8, 4) is 0 Å². The number of urea groups is 1. The summed E-state index contributed by atoms with van der Waals surface area (Å²) < 4.78 is 37.3. The van der Waals surface area contributed by atoms with Gasteiger partial charge in [0.25, 0.3) is 0 Å². The van der Waals surface area contributed by atoms with E-state index in [0.717, 1.165) is 12.1 Å². The summed E-state index contributed by atoms with van der Waals surface area (Å²) >= 11 is 0. The van der Waals surface area contributed by atoms with Crippen molar-refractivity contribution < 1.29 is 18.0 Å². The van der Waals surface area contributed by atoms with Crippen LogP contribution >= 0.6 is 0 Å². The second-order valence-electron chi connectivity index (χ2n) is 3.62. The standard InChI is InChI=1S/C10H9F3N2O/c1-5-7-3-2-6(10(11,12)13)4-8(7)15-9(16)14-5/h2-5H,1H3,(H2,14,15,16). The number of rotatable bonds is 0. The smallest absolute Gasteiger partial charge is 0.331 e. The van der Waals surface area contributed by atoms with Gasteiger partial charge in [-0.3, -0.25) is 0 Å². The van der Waals surface area contributed by atoms with Gasteiger partial charge in [-0.15, -0.1) is 0 Å². The third kappa shape index (κ3) is 1.82. The third-order valence-corrected chi connectivity index (χ3v) is 2.44. The molecule has 6 heteroatoms. The molecular formula is C10H9F3N2O. The molecule has 1 aliphatic rings. The van der Waals surface area contributed by atoms with Gasteiger partial charge in [0, 0.05) is 5.69 Å². The maximum absolute atomic E-state index is 12.4. The Kier molecular flexibility index (Phi) is 2.29. The molecule has 1 aromatic rings. The van der Waals surface area contributed by atoms with Crippen molar-refractivity contribution >= 4 is 11.7 Å². The topological polar surface area (TPSA) is 41.1 Å². The van der Waals surface area contributed by atoms with Crippen molar-refractivity contribution in [2.75, 3.05) is 5.32 Å². The van der Waals surface area contributed by atoms with Gasteiger partial charge in [0.1, 0.15) is 0 Å². The second kappa shape index (κ2) is 3.40. The fourth-order valence-corrected chi connectivity index (χ4v) is 1.65. The van der Waals surface area contributed by atoms with Crippen LogP contribution in [-0.4, -0.2) is 6.03 Å². The number of hydrogen-bond acceptors (Lipinski definition) is 1. The van der Waals surface area contributed by atoms with Crippen molar-refractivity contribution in [2.45, 2.75) is 19.1 Å². The fraction of sp³-hybridized carbons (Fsp3) is 0.300. The third-order valence-electron chi connectivity index (χ3n) is 2.44. The summed E-state index contributed by atoms with van der Waals surface area (Å²) in [6.45, 7) is 1.71. The summed E-state index contributed by atoms with van der Waals surface area (Å²) in [4.78, 5) is 11.1. The minimum Gasteiger partial charge on any atom is -0.331 e. The SMILES string of the molecule is CC1NC(=O)Nc2cc(C(F)(F)F)ccc21. The predicted molar refractivity (Wildman–Crippen MR) is 52.0 cm³/mol. The van der Waals surface area contributed by atoms with Crippen LogP contribution in [0.4, 0.5) is 23.7 Å². The van der Waals surface area contributed by atoms with Crippen molar-refractivity contribution in [2.24, 2.45) is 0 Å². The number of carbonyl (C=O) groups excluding carboxylic acids is 1. The monoisotopic (exact) mass is 230 g/mol. The average molecular weight is 230 g/mol. The summed E-state index contributed by atoms with van der Waals surface area (Å²) in [7, 11) is 0. The van der Waals surface area contributed by atoms with Gasteiger partial charge in [0.2, 0.25) is 0 Å². The first-order chi connectivity index (χ1) is 7.38. The zero-order chi connectivity index (χ0) is 11.9. The molecule has 0 spiro atoms. The molecule has 1 unspecified atom stereocenters. The van der Waals surface area contributed by atoms with E-state index in [2.05, 4.69) is 10.6 Å². The molecule has 1 heterocycles. The normalized spacial score (nSPS) is 19.8. The molecule has 3 nitrogen and oxygen atoms in total. The van der Waals surface area contributed by atoms with Gasteiger partial charge in [0.05, 0.1) is 11.6 Å². The first-order valence-electron chi connectivity index (χ1n) is 4.66. The van der Waals surface area contributed by atoms with E-state index in [1.807, 2.05) is 0 Å². The van der Waals surface area contributed by atoms with E-state index in [1.165, 1.54) is 6.07 Å². The minimum atomic E-state index is -4.39. The Hall–Kier alpha value is -1.72. The molecule has 2 N–H and O–H groups in total. The van der Waals surface area contributed by atoms with Gasteiger partial charge in [-0.25, -0.2) is 4.79 Å². The second-order valence-corrected chi connectivity index (χ2v) is 3.62. The number of anilines is 1. The van der Waals surface area contributed by atoms with E-state index in [1.54, 1.807) is 6.92 Å². The first-order valence-corrected chi connectivity index (χ1v) is 4.66. The highest BCUT2D eigenvalue weighted by Crippen LogP contribution is 2.35. The summed E-state index contributed by atoms with van der Waals surface area (Å²) in [6, 6.07) is 2.55. The van der Waals surface area contributed by atoms with Crippen LogP contribution in [0.2, 0.25) is 0 Å². The van der Waals surface area contributed by atoms with E-state index < -0.39 is 17.8 Å². The van der Waals surface area contributed by atoms with Gasteiger partial charge in [-0.1, -0.05) is 6.07 Å². The van der Waals surface area contributed by atoms with E-state index in [9.17, 15) is 18.0 Å². The highest BCUT2D eigenvalue weighted by atomic mass is 19.4. The number of alkyl halides is 3. The molecule has 0 saturated heterocycles. The Balaban J connectivity index is 2.46. The van der Waals surface area contributed by atoms with Crippen LogP contribution in [0.1, 0.15) is 24.1 Å².